The van der Waals surface area contributed by atoms with Gasteiger partial charge in [0.2, 0.25) is 5.91 Å². The number of benzene rings is 3. The van der Waals surface area contributed by atoms with Crippen LogP contribution in [0.15, 0.2) is 42.5 Å². The standard InChI is InChI=1S/C33H30Cl5F2N3O6/c1-31(2,3)17-13-21(39)26(43(29(46)47)30(48)49-32(4,5)6)24(40)25(17)42-27(44)16-12-15(8-10-18(16)34)41-28(45)23-22(33(23,37)38)14-7-9-19(35)20(36)11-14/h7-13,22-23H,1-6H3,(H,41,45)(H,42,44)(H,46,47)/t22-,23+/m0/s1. The van der Waals surface area contributed by atoms with Crippen LogP contribution in [0.2, 0.25) is 15.1 Å². The second kappa shape index (κ2) is 13.8. The molecule has 3 aromatic carbocycles. The maximum Gasteiger partial charge on any atom is 0.424 e. The predicted octanol–water partition coefficient (Wildman–Crippen LogP) is 10.4. The van der Waals surface area contributed by atoms with Crippen molar-refractivity contribution in [2.24, 2.45) is 5.92 Å². The van der Waals surface area contributed by atoms with Gasteiger partial charge in [-0.1, -0.05) is 61.6 Å². The number of carbonyl (C=O) groups is 4. The smallest absolute Gasteiger partial charge is 0.424 e. The number of ether oxygens (including phenoxy) is 1. The lowest BCUT2D eigenvalue weighted by Crippen LogP contribution is -2.41. The third-order valence-corrected chi connectivity index (χ3v) is 9.36. The molecule has 49 heavy (non-hydrogen) atoms. The van der Waals surface area contributed by atoms with Crippen molar-refractivity contribution in [2.75, 3.05) is 15.5 Å². The summed E-state index contributed by atoms with van der Waals surface area (Å²) in [4.78, 5) is 51.5. The lowest BCUT2D eigenvalue weighted by molar-refractivity contribution is -0.117. The summed E-state index contributed by atoms with van der Waals surface area (Å²) in [5.74, 6) is -6.09. The van der Waals surface area contributed by atoms with Crippen LogP contribution in [0.4, 0.5) is 35.4 Å². The number of hydrogen-bond donors (Lipinski definition) is 3. The number of rotatable bonds is 6. The highest BCUT2D eigenvalue weighted by atomic mass is 35.5. The largest absolute Gasteiger partial charge is 0.464 e. The Morgan fingerprint density at radius 3 is 2.04 bits per heavy atom. The number of halogens is 7. The Morgan fingerprint density at radius 1 is 0.878 bits per heavy atom. The summed E-state index contributed by atoms with van der Waals surface area (Å²) < 4.78 is 35.3. The molecule has 3 N–H and O–H groups in total. The van der Waals surface area contributed by atoms with E-state index in [4.69, 9.17) is 62.7 Å². The summed E-state index contributed by atoms with van der Waals surface area (Å²) in [7, 11) is 0. The first-order valence-corrected chi connectivity index (χ1v) is 16.4. The van der Waals surface area contributed by atoms with Gasteiger partial charge in [-0.15, -0.1) is 23.2 Å². The number of carboxylic acid groups (broad SMARTS) is 1. The SMILES string of the molecule is CC(C)(C)OC(=O)N(C(=O)O)c1c(F)cc(C(C)(C)C)c(NC(=O)c2cc(NC(=O)[C@H]3[C@H](c4ccc(Cl)c(Cl)c4)C3(Cl)Cl)ccc2Cl)c1F. The minimum absolute atomic E-state index is 0.0719. The van der Waals surface area contributed by atoms with Crippen LogP contribution < -0.4 is 15.5 Å². The number of amides is 4. The van der Waals surface area contributed by atoms with Crippen molar-refractivity contribution >= 4 is 99.1 Å². The molecule has 0 aromatic heterocycles. The van der Waals surface area contributed by atoms with Crippen molar-refractivity contribution in [3.8, 4) is 0 Å². The van der Waals surface area contributed by atoms with Gasteiger partial charge in [0.1, 0.15) is 15.6 Å². The van der Waals surface area contributed by atoms with Gasteiger partial charge in [0.25, 0.3) is 5.91 Å². The zero-order valence-electron chi connectivity index (χ0n) is 26.8. The number of imide groups is 1. The highest BCUT2D eigenvalue weighted by molar-refractivity contribution is 6.53. The number of anilines is 3. The number of nitrogens with one attached hydrogen (secondary N) is 2. The predicted molar refractivity (Wildman–Crippen MR) is 187 cm³/mol. The van der Waals surface area contributed by atoms with Crippen LogP contribution >= 0.6 is 58.0 Å². The Labute approximate surface area is 305 Å². The van der Waals surface area contributed by atoms with E-state index >= 15 is 8.78 Å². The van der Waals surface area contributed by atoms with E-state index < -0.39 is 74.2 Å². The van der Waals surface area contributed by atoms with Crippen molar-refractivity contribution in [3.05, 3.63) is 85.9 Å². The molecule has 1 fully saturated rings. The van der Waals surface area contributed by atoms with Gasteiger partial charge in [-0.3, -0.25) is 9.59 Å². The van der Waals surface area contributed by atoms with Crippen molar-refractivity contribution in [1.82, 2.24) is 0 Å². The van der Waals surface area contributed by atoms with Crippen LogP contribution in [0.25, 0.3) is 0 Å². The van der Waals surface area contributed by atoms with E-state index in [0.717, 1.165) is 6.07 Å². The zero-order chi connectivity index (χ0) is 37.0. The molecule has 1 saturated carbocycles. The molecule has 0 radical (unpaired) electrons. The van der Waals surface area contributed by atoms with E-state index in [1.807, 2.05) is 0 Å². The molecular weight excluding hydrogens is 750 g/mol. The third-order valence-electron chi connectivity index (χ3n) is 7.35. The van der Waals surface area contributed by atoms with Crippen LogP contribution in [-0.4, -0.2) is 39.0 Å². The molecule has 4 rings (SSSR count). The van der Waals surface area contributed by atoms with Gasteiger partial charge in [-0.2, -0.15) is 4.90 Å². The van der Waals surface area contributed by atoms with Crippen molar-refractivity contribution < 1.29 is 37.8 Å². The van der Waals surface area contributed by atoms with Crippen LogP contribution in [-0.2, 0) is 14.9 Å². The van der Waals surface area contributed by atoms with E-state index in [1.165, 1.54) is 39.0 Å². The molecule has 0 aliphatic heterocycles. The Bertz CT molecular complexity index is 1880. The lowest BCUT2D eigenvalue weighted by Gasteiger charge is -2.28. The Hall–Kier alpha value is -3.35. The summed E-state index contributed by atoms with van der Waals surface area (Å²) in [6.45, 7) is 9.10. The molecule has 2 atom stereocenters. The molecule has 262 valence electrons. The van der Waals surface area contributed by atoms with E-state index in [0.29, 0.717) is 10.6 Å². The molecule has 1 aliphatic rings. The van der Waals surface area contributed by atoms with Gasteiger partial charge < -0.3 is 20.5 Å². The highest BCUT2D eigenvalue weighted by Gasteiger charge is 2.67. The van der Waals surface area contributed by atoms with Gasteiger partial charge in [-0.25, -0.2) is 18.4 Å². The molecule has 0 unspecified atom stereocenters. The molecule has 0 heterocycles. The maximum absolute atomic E-state index is 16.2. The summed E-state index contributed by atoms with van der Waals surface area (Å²) in [5.41, 5.74) is -3.76. The fourth-order valence-corrected chi connectivity index (χ4v) is 6.39. The molecule has 0 saturated heterocycles. The van der Waals surface area contributed by atoms with Crippen LogP contribution in [0.3, 0.4) is 0 Å². The first-order valence-electron chi connectivity index (χ1n) is 14.5. The quantitative estimate of drug-likeness (QED) is 0.214. The van der Waals surface area contributed by atoms with Crippen molar-refractivity contribution in [1.29, 1.82) is 0 Å². The number of carbonyl (C=O) groups excluding carboxylic acids is 3. The second-order valence-electron chi connectivity index (χ2n) is 13.2. The van der Waals surface area contributed by atoms with E-state index in [9.17, 15) is 24.3 Å². The Balaban J connectivity index is 1.68. The van der Waals surface area contributed by atoms with Crippen LogP contribution in [0.5, 0.6) is 0 Å². The van der Waals surface area contributed by atoms with Crippen LogP contribution in [0.1, 0.15) is 68.9 Å². The fourth-order valence-electron chi connectivity index (χ4n) is 5.05. The molecule has 9 nitrogen and oxygen atoms in total. The summed E-state index contributed by atoms with van der Waals surface area (Å²) in [5, 5.41) is 15.2. The van der Waals surface area contributed by atoms with Gasteiger partial charge >= 0.3 is 12.2 Å². The second-order valence-corrected chi connectivity index (χ2v) is 15.9. The summed E-state index contributed by atoms with van der Waals surface area (Å²) in [6, 6.07) is 9.48. The van der Waals surface area contributed by atoms with Gasteiger partial charge in [0.15, 0.2) is 11.6 Å². The lowest BCUT2D eigenvalue weighted by atomic mass is 9.85. The molecule has 4 amide bonds. The number of nitrogens with zero attached hydrogens (tertiary/aromatic N) is 1. The van der Waals surface area contributed by atoms with Crippen molar-refractivity contribution in [2.45, 2.75) is 62.8 Å². The van der Waals surface area contributed by atoms with E-state index in [1.54, 1.807) is 39.0 Å². The maximum atomic E-state index is 16.2. The monoisotopic (exact) mass is 777 g/mol. The van der Waals surface area contributed by atoms with E-state index in [-0.39, 0.29) is 31.8 Å². The first-order chi connectivity index (χ1) is 22.5. The molecule has 16 heteroatoms. The topological polar surface area (TPSA) is 125 Å². The fraction of sp³-hybridized carbons (Fsp3) is 0.333. The van der Waals surface area contributed by atoms with Gasteiger partial charge in [0.05, 0.1) is 32.2 Å². The van der Waals surface area contributed by atoms with Crippen LogP contribution in [0, 0.1) is 17.6 Å². The average Bonchev–Trinajstić information content (AvgIpc) is 3.54. The Morgan fingerprint density at radius 2 is 1.49 bits per heavy atom. The normalized spacial score (nSPS) is 16.8. The molecule has 0 spiro atoms. The minimum atomic E-state index is -2.03. The highest BCUT2D eigenvalue weighted by Crippen LogP contribution is 2.65. The van der Waals surface area contributed by atoms with Crippen molar-refractivity contribution in [3.63, 3.8) is 0 Å². The minimum Gasteiger partial charge on any atom is -0.464 e. The summed E-state index contributed by atoms with van der Waals surface area (Å²) in [6.07, 6.45) is -3.60. The third kappa shape index (κ3) is 8.18. The van der Waals surface area contributed by atoms with Gasteiger partial charge in [0, 0.05) is 11.6 Å². The Kier molecular flexibility index (Phi) is 10.8. The van der Waals surface area contributed by atoms with Gasteiger partial charge in [-0.05, 0) is 73.7 Å². The average molecular weight is 780 g/mol. The molecule has 3 aromatic rings. The molecular formula is C33H30Cl5F2N3O6. The number of alkyl halides is 2. The van der Waals surface area contributed by atoms with E-state index in [2.05, 4.69) is 10.6 Å². The zero-order valence-corrected chi connectivity index (χ0v) is 30.6. The first kappa shape index (κ1) is 38.5. The molecule has 0 bridgehead atoms. The molecule has 1 aliphatic carbocycles. The number of hydrogen-bond acceptors (Lipinski definition) is 5. The summed E-state index contributed by atoms with van der Waals surface area (Å²) >= 11 is 31.4.